The number of rotatable bonds is 4. The highest BCUT2D eigenvalue weighted by Gasteiger charge is 2.11. The minimum Gasteiger partial charge on any atom is -0.496 e. The number of hydrogen-bond acceptors (Lipinski definition) is 3. The number of hydrogen-bond donors (Lipinski definition) is 1. The van der Waals surface area contributed by atoms with Crippen LogP contribution in [0.4, 0.5) is 4.39 Å². The van der Waals surface area contributed by atoms with Crippen molar-refractivity contribution >= 4 is 0 Å². The fourth-order valence-electron chi connectivity index (χ4n) is 1.66. The molecule has 0 fully saturated rings. The van der Waals surface area contributed by atoms with Gasteiger partial charge in [-0.1, -0.05) is 0 Å². The highest BCUT2D eigenvalue weighted by molar-refractivity contribution is 5.66. The van der Waals surface area contributed by atoms with E-state index in [1.165, 1.54) is 12.1 Å². The van der Waals surface area contributed by atoms with Crippen molar-refractivity contribution in [2.45, 2.75) is 6.54 Å². The summed E-state index contributed by atoms with van der Waals surface area (Å²) in [7, 11) is 3.39. The number of halogens is 1. The summed E-state index contributed by atoms with van der Waals surface area (Å²) in [5.74, 6) is 1.68. The van der Waals surface area contributed by atoms with Gasteiger partial charge in [0, 0.05) is 0 Å². The average molecular weight is 235 g/mol. The van der Waals surface area contributed by atoms with Gasteiger partial charge in [0.1, 0.15) is 23.1 Å². The van der Waals surface area contributed by atoms with Crippen LogP contribution in [0.15, 0.2) is 34.7 Å². The molecule has 0 saturated carbocycles. The molecule has 0 aliphatic heterocycles. The standard InChI is InChI=1S/C13H14FNO2/c1-15-8-10-4-6-13(17-10)11-7-9(14)3-5-12(11)16-2/h3-7,15H,8H2,1-2H3. The second-order valence-electron chi connectivity index (χ2n) is 3.64. The van der Waals surface area contributed by atoms with Gasteiger partial charge in [-0.2, -0.15) is 0 Å². The van der Waals surface area contributed by atoms with Crippen molar-refractivity contribution in [2.75, 3.05) is 14.2 Å². The van der Waals surface area contributed by atoms with Gasteiger partial charge < -0.3 is 14.5 Å². The molecule has 2 rings (SSSR count). The van der Waals surface area contributed by atoms with E-state index in [0.717, 1.165) is 5.76 Å². The van der Waals surface area contributed by atoms with Gasteiger partial charge in [0.05, 0.1) is 19.2 Å². The quantitative estimate of drug-likeness (QED) is 0.884. The summed E-state index contributed by atoms with van der Waals surface area (Å²) in [4.78, 5) is 0. The molecule has 1 aromatic carbocycles. The fourth-order valence-corrected chi connectivity index (χ4v) is 1.66. The van der Waals surface area contributed by atoms with Gasteiger partial charge in [-0.15, -0.1) is 0 Å². The lowest BCUT2D eigenvalue weighted by Gasteiger charge is -2.05. The summed E-state index contributed by atoms with van der Waals surface area (Å²) < 4.78 is 24.0. The molecule has 2 aromatic rings. The van der Waals surface area contributed by atoms with Gasteiger partial charge in [-0.25, -0.2) is 4.39 Å². The number of nitrogens with one attached hydrogen (secondary N) is 1. The van der Waals surface area contributed by atoms with Crippen LogP contribution >= 0.6 is 0 Å². The Morgan fingerprint density at radius 2 is 2.12 bits per heavy atom. The Morgan fingerprint density at radius 1 is 1.29 bits per heavy atom. The van der Waals surface area contributed by atoms with E-state index in [2.05, 4.69) is 5.32 Å². The maximum Gasteiger partial charge on any atom is 0.138 e. The minimum absolute atomic E-state index is 0.313. The van der Waals surface area contributed by atoms with Crippen LogP contribution in [0.5, 0.6) is 5.75 Å². The molecule has 0 unspecified atom stereocenters. The Bertz CT molecular complexity index is 508. The smallest absolute Gasteiger partial charge is 0.138 e. The zero-order chi connectivity index (χ0) is 12.3. The molecule has 4 heteroatoms. The molecule has 0 aliphatic rings. The first kappa shape index (κ1) is 11.7. The third-order valence-corrected chi connectivity index (χ3v) is 2.44. The maximum atomic E-state index is 13.2. The molecule has 3 nitrogen and oxygen atoms in total. The molecular formula is C13H14FNO2. The summed E-state index contributed by atoms with van der Waals surface area (Å²) >= 11 is 0. The Labute approximate surface area is 99.2 Å². The predicted molar refractivity (Wildman–Crippen MR) is 63.4 cm³/mol. The molecule has 17 heavy (non-hydrogen) atoms. The van der Waals surface area contributed by atoms with E-state index in [0.29, 0.717) is 23.6 Å². The topological polar surface area (TPSA) is 34.4 Å². The SMILES string of the molecule is CNCc1ccc(-c2cc(F)ccc2OC)o1. The van der Waals surface area contributed by atoms with Crippen LogP contribution < -0.4 is 10.1 Å². The van der Waals surface area contributed by atoms with Crippen LogP contribution in [-0.4, -0.2) is 14.2 Å². The molecule has 0 atom stereocenters. The normalized spacial score (nSPS) is 10.5. The van der Waals surface area contributed by atoms with Crippen molar-refractivity contribution in [2.24, 2.45) is 0 Å². The Hall–Kier alpha value is -1.81. The fraction of sp³-hybridized carbons (Fsp3) is 0.231. The van der Waals surface area contributed by atoms with E-state index in [-0.39, 0.29) is 5.82 Å². The van der Waals surface area contributed by atoms with Crippen molar-refractivity contribution in [3.63, 3.8) is 0 Å². The summed E-state index contributed by atoms with van der Waals surface area (Å²) in [5, 5.41) is 2.99. The lowest BCUT2D eigenvalue weighted by atomic mass is 10.1. The van der Waals surface area contributed by atoms with Gasteiger partial charge >= 0.3 is 0 Å². The zero-order valence-electron chi connectivity index (χ0n) is 9.79. The molecule has 1 N–H and O–H groups in total. The molecule has 0 saturated heterocycles. The van der Waals surface area contributed by atoms with E-state index in [1.807, 2.05) is 19.2 Å². The van der Waals surface area contributed by atoms with Gasteiger partial charge in [0.15, 0.2) is 0 Å². The van der Waals surface area contributed by atoms with E-state index >= 15 is 0 Å². The molecule has 90 valence electrons. The van der Waals surface area contributed by atoms with Crippen LogP contribution in [0.25, 0.3) is 11.3 Å². The van der Waals surface area contributed by atoms with Crippen molar-refractivity contribution in [1.29, 1.82) is 0 Å². The first-order valence-electron chi connectivity index (χ1n) is 5.32. The number of methoxy groups -OCH3 is 1. The van der Waals surface area contributed by atoms with Gasteiger partial charge in [0.2, 0.25) is 0 Å². The molecule has 0 amide bonds. The molecular weight excluding hydrogens is 221 g/mol. The summed E-state index contributed by atoms with van der Waals surface area (Å²) in [5.41, 5.74) is 0.620. The third-order valence-electron chi connectivity index (χ3n) is 2.44. The average Bonchev–Trinajstić information content (AvgIpc) is 2.78. The predicted octanol–water partition coefficient (Wildman–Crippen LogP) is 2.81. The van der Waals surface area contributed by atoms with Crippen molar-refractivity contribution < 1.29 is 13.5 Å². The molecule has 0 aliphatic carbocycles. The second-order valence-corrected chi connectivity index (χ2v) is 3.64. The van der Waals surface area contributed by atoms with Gasteiger partial charge in [-0.3, -0.25) is 0 Å². The van der Waals surface area contributed by atoms with Crippen LogP contribution in [0, 0.1) is 5.82 Å². The molecule has 0 spiro atoms. The Morgan fingerprint density at radius 3 is 2.82 bits per heavy atom. The van der Waals surface area contributed by atoms with Crippen LogP contribution in [0.1, 0.15) is 5.76 Å². The van der Waals surface area contributed by atoms with E-state index in [4.69, 9.17) is 9.15 Å². The lowest BCUT2D eigenvalue weighted by Crippen LogP contribution is -2.03. The van der Waals surface area contributed by atoms with Gasteiger partial charge in [0.25, 0.3) is 0 Å². The molecule has 0 bridgehead atoms. The second kappa shape index (κ2) is 5.01. The van der Waals surface area contributed by atoms with Gasteiger partial charge in [-0.05, 0) is 37.4 Å². The van der Waals surface area contributed by atoms with Crippen molar-refractivity contribution in [3.8, 4) is 17.1 Å². The first-order chi connectivity index (χ1) is 8.24. The number of ether oxygens (including phenoxy) is 1. The summed E-state index contributed by atoms with van der Waals surface area (Å²) in [6, 6.07) is 8.02. The van der Waals surface area contributed by atoms with E-state index in [9.17, 15) is 4.39 Å². The maximum absolute atomic E-state index is 13.2. The number of furan rings is 1. The number of benzene rings is 1. The van der Waals surface area contributed by atoms with Crippen molar-refractivity contribution in [3.05, 3.63) is 41.9 Å². The lowest BCUT2D eigenvalue weighted by molar-refractivity contribution is 0.412. The Balaban J connectivity index is 2.40. The van der Waals surface area contributed by atoms with Crippen LogP contribution in [0.2, 0.25) is 0 Å². The van der Waals surface area contributed by atoms with Crippen LogP contribution in [-0.2, 0) is 6.54 Å². The monoisotopic (exact) mass is 235 g/mol. The highest BCUT2D eigenvalue weighted by atomic mass is 19.1. The molecule has 1 aromatic heterocycles. The summed E-state index contributed by atoms with van der Waals surface area (Å²) in [6.45, 7) is 0.637. The van der Waals surface area contributed by atoms with E-state index < -0.39 is 0 Å². The highest BCUT2D eigenvalue weighted by Crippen LogP contribution is 2.31. The molecule has 0 radical (unpaired) electrons. The zero-order valence-corrected chi connectivity index (χ0v) is 9.79. The van der Waals surface area contributed by atoms with Crippen LogP contribution in [0.3, 0.4) is 0 Å². The minimum atomic E-state index is -0.313. The van der Waals surface area contributed by atoms with E-state index in [1.54, 1.807) is 13.2 Å². The molecule has 1 heterocycles. The summed E-state index contributed by atoms with van der Waals surface area (Å²) in [6.07, 6.45) is 0. The first-order valence-corrected chi connectivity index (χ1v) is 5.32. The van der Waals surface area contributed by atoms with Crippen molar-refractivity contribution in [1.82, 2.24) is 5.32 Å². The third kappa shape index (κ3) is 2.47. The Kier molecular flexibility index (Phi) is 3.44. The largest absolute Gasteiger partial charge is 0.496 e.